The minimum atomic E-state index is -0.592. The third kappa shape index (κ3) is 2.96. The van der Waals surface area contributed by atoms with Gasteiger partial charge in [-0.15, -0.1) is 0 Å². The number of aliphatic hydroxyl groups excluding tert-OH is 1. The van der Waals surface area contributed by atoms with E-state index < -0.39 is 6.10 Å². The summed E-state index contributed by atoms with van der Waals surface area (Å²) in [6.45, 7) is 3.73. The maximum atomic E-state index is 13.2. The Balaban J connectivity index is 2.16. The Kier molecular flexibility index (Phi) is 3.78. The van der Waals surface area contributed by atoms with E-state index in [0.29, 0.717) is 12.0 Å². The molecule has 18 heavy (non-hydrogen) atoms. The molecule has 0 saturated heterocycles. The third-order valence-corrected chi connectivity index (χ3v) is 3.08. The van der Waals surface area contributed by atoms with E-state index in [0.717, 1.165) is 11.1 Å². The molecule has 1 nitrogen and oxygen atoms in total. The first-order valence-corrected chi connectivity index (χ1v) is 6.06. The van der Waals surface area contributed by atoms with E-state index in [-0.39, 0.29) is 5.82 Å². The number of aryl methyl sites for hydroxylation is 2. The van der Waals surface area contributed by atoms with Crippen LogP contribution in [-0.2, 0) is 6.42 Å². The lowest BCUT2D eigenvalue weighted by Gasteiger charge is -2.12. The second-order valence-electron chi connectivity index (χ2n) is 4.72. The highest BCUT2D eigenvalue weighted by Crippen LogP contribution is 2.21. The predicted molar refractivity (Wildman–Crippen MR) is 71.0 cm³/mol. The zero-order chi connectivity index (χ0) is 13.1. The summed E-state index contributed by atoms with van der Waals surface area (Å²) in [4.78, 5) is 0. The van der Waals surface area contributed by atoms with Crippen LogP contribution in [0.25, 0.3) is 0 Å². The molecule has 0 bridgehead atoms. The fourth-order valence-electron chi connectivity index (χ4n) is 2.06. The van der Waals surface area contributed by atoms with Crippen LogP contribution in [0, 0.1) is 19.7 Å². The van der Waals surface area contributed by atoms with Crippen LogP contribution in [0.5, 0.6) is 0 Å². The van der Waals surface area contributed by atoms with Gasteiger partial charge in [-0.3, -0.25) is 0 Å². The molecule has 1 N–H and O–H groups in total. The molecule has 0 spiro atoms. The molecule has 0 saturated carbocycles. The second-order valence-corrected chi connectivity index (χ2v) is 4.72. The predicted octanol–water partition coefficient (Wildman–Crippen LogP) is 3.72. The monoisotopic (exact) mass is 244 g/mol. The van der Waals surface area contributed by atoms with Crippen LogP contribution < -0.4 is 0 Å². The lowest BCUT2D eigenvalue weighted by molar-refractivity contribution is 0.178. The van der Waals surface area contributed by atoms with Crippen molar-refractivity contribution in [3.63, 3.8) is 0 Å². The summed E-state index contributed by atoms with van der Waals surface area (Å²) in [7, 11) is 0. The Bertz CT molecular complexity index is 549. The van der Waals surface area contributed by atoms with Crippen molar-refractivity contribution in [1.82, 2.24) is 0 Å². The Hall–Kier alpha value is -1.67. The van der Waals surface area contributed by atoms with Gasteiger partial charge in [0.1, 0.15) is 5.82 Å². The van der Waals surface area contributed by atoms with Crippen LogP contribution in [-0.4, -0.2) is 5.11 Å². The van der Waals surface area contributed by atoms with Crippen LogP contribution >= 0.6 is 0 Å². The highest BCUT2D eigenvalue weighted by atomic mass is 19.1. The summed E-state index contributed by atoms with van der Waals surface area (Å²) in [5, 5.41) is 10.2. The first-order chi connectivity index (χ1) is 8.56. The lowest BCUT2D eigenvalue weighted by atomic mass is 9.99. The molecule has 0 aliphatic heterocycles. The van der Waals surface area contributed by atoms with Gasteiger partial charge in [-0.05, 0) is 36.6 Å². The van der Waals surface area contributed by atoms with E-state index in [4.69, 9.17) is 0 Å². The zero-order valence-corrected chi connectivity index (χ0v) is 10.7. The lowest BCUT2D eigenvalue weighted by Crippen LogP contribution is -2.02. The SMILES string of the molecule is Cc1cccc(CC(O)c2ccc(F)c(C)c2)c1. The van der Waals surface area contributed by atoms with E-state index in [1.165, 1.54) is 11.6 Å². The van der Waals surface area contributed by atoms with Crippen molar-refractivity contribution in [2.24, 2.45) is 0 Å². The van der Waals surface area contributed by atoms with Crippen LogP contribution in [0.2, 0.25) is 0 Å². The van der Waals surface area contributed by atoms with Gasteiger partial charge in [0.2, 0.25) is 0 Å². The van der Waals surface area contributed by atoms with Gasteiger partial charge >= 0.3 is 0 Å². The number of halogens is 1. The molecule has 0 amide bonds. The van der Waals surface area contributed by atoms with Gasteiger partial charge in [0.25, 0.3) is 0 Å². The van der Waals surface area contributed by atoms with Gasteiger partial charge in [0.05, 0.1) is 6.10 Å². The smallest absolute Gasteiger partial charge is 0.126 e. The maximum Gasteiger partial charge on any atom is 0.126 e. The average Bonchev–Trinajstić information content (AvgIpc) is 2.32. The third-order valence-electron chi connectivity index (χ3n) is 3.08. The molecule has 2 rings (SSSR count). The molecule has 2 aromatic carbocycles. The highest BCUT2D eigenvalue weighted by Gasteiger charge is 2.10. The molecule has 0 radical (unpaired) electrons. The Labute approximate surface area is 107 Å². The number of benzene rings is 2. The second kappa shape index (κ2) is 5.32. The van der Waals surface area contributed by atoms with Crippen molar-refractivity contribution < 1.29 is 9.50 Å². The van der Waals surface area contributed by atoms with Crippen molar-refractivity contribution in [2.75, 3.05) is 0 Å². The van der Waals surface area contributed by atoms with E-state index >= 15 is 0 Å². The molecule has 0 aliphatic rings. The maximum absolute atomic E-state index is 13.2. The average molecular weight is 244 g/mol. The molecule has 0 aliphatic carbocycles. The minimum absolute atomic E-state index is 0.235. The molecule has 0 heterocycles. The molecular formula is C16H17FO. The molecule has 1 atom stereocenters. The van der Waals surface area contributed by atoms with E-state index in [9.17, 15) is 9.50 Å². The Morgan fingerprint density at radius 2 is 1.89 bits per heavy atom. The fourth-order valence-corrected chi connectivity index (χ4v) is 2.06. The van der Waals surface area contributed by atoms with Crippen molar-refractivity contribution in [1.29, 1.82) is 0 Å². The fraction of sp³-hybridized carbons (Fsp3) is 0.250. The normalized spacial score (nSPS) is 12.4. The molecule has 2 heteroatoms. The van der Waals surface area contributed by atoms with E-state index in [1.807, 2.05) is 25.1 Å². The summed E-state index contributed by atoms with van der Waals surface area (Å²) in [5.74, 6) is -0.235. The number of aliphatic hydroxyl groups is 1. The van der Waals surface area contributed by atoms with Crippen LogP contribution in [0.15, 0.2) is 42.5 Å². The number of rotatable bonds is 3. The molecule has 0 aromatic heterocycles. The van der Waals surface area contributed by atoms with Crippen LogP contribution in [0.3, 0.4) is 0 Å². The van der Waals surface area contributed by atoms with Gasteiger partial charge in [-0.1, -0.05) is 42.0 Å². The van der Waals surface area contributed by atoms with Gasteiger partial charge in [0, 0.05) is 6.42 Å². The van der Waals surface area contributed by atoms with Crippen molar-refractivity contribution in [2.45, 2.75) is 26.4 Å². The summed E-state index contributed by atoms with van der Waals surface area (Å²) in [6.07, 6.45) is -0.0432. The standard InChI is InChI=1S/C16H17FO/c1-11-4-3-5-13(8-11)10-16(18)14-6-7-15(17)12(2)9-14/h3-9,16,18H,10H2,1-2H3. The van der Waals surface area contributed by atoms with E-state index in [1.54, 1.807) is 19.1 Å². The highest BCUT2D eigenvalue weighted by molar-refractivity contribution is 5.28. The quantitative estimate of drug-likeness (QED) is 0.872. The summed E-state index contributed by atoms with van der Waals surface area (Å²) in [5.41, 5.74) is 3.59. The first kappa shape index (κ1) is 12.8. The van der Waals surface area contributed by atoms with Crippen molar-refractivity contribution >= 4 is 0 Å². The molecule has 0 fully saturated rings. The molecule has 2 aromatic rings. The van der Waals surface area contributed by atoms with Crippen LogP contribution in [0.4, 0.5) is 4.39 Å². The van der Waals surface area contributed by atoms with E-state index in [2.05, 4.69) is 6.07 Å². The van der Waals surface area contributed by atoms with Crippen molar-refractivity contribution in [3.05, 3.63) is 70.5 Å². The molecular weight excluding hydrogens is 227 g/mol. The Morgan fingerprint density at radius 1 is 1.11 bits per heavy atom. The zero-order valence-electron chi connectivity index (χ0n) is 10.7. The minimum Gasteiger partial charge on any atom is -0.388 e. The molecule has 1 unspecified atom stereocenters. The van der Waals surface area contributed by atoms with Gasteiger partial charge in [0.15, 0.2) is 0 Å². The topological polar surface area (TPSA) is 20.2 Å². The number of hydrogen-bond acceptors (Lipinski definition) is 1. The summed E-state index contributed by atoms with van der Waals surface area (Å²) < 4.78 is 13.2. The van der Waals surface area contributed by atoms with Crippen molar-refractivity contribution in [3.8, 4) is 0 Å². The molecule has 94 valence electrons. The van der Waals surface area contributed by atoms with Crippen LogP contribution in [0.1, 0.15) is 28.4 Å². The van der Waals surface area contributed by atoms with Gasteiger partial charge < -0.3 is 5.11 Å². The number of hydrogen-bond donors (Lipinski definition) is 1. The van der Waals surface area contributed by atoms with Gasteiger partial charge in [-0.25, -0.2) is 4.39 Å². The largest absolute Gasteiger partial charge is 0.388 e. The van der Waals surface area contributed by atoms with Gasteiger partial charge in [-0.2, -0.15) is 0 Å². The first-order valence-electron chi connectivity index (χ1n) is 6.06. The Morgan fingerprint density at radius 3 is 2.56 bits per heavy atom. The summed E-state index contributed by atoms with van der Waals surface area (Å²) in [6, 6.07) is 12.8. The summed E-state index contributed by atoms with van der Waals surface area (Å²) >= 11 is 0.